The maximum atomic E-state index is 13.2. The lowest BCUT2D eigenvalue weighted by Gasteiger charge is -2.22. The standard InChI is InChI=1S/C15H16FN3O2/c16-12-8-13(14(17)18-9-12)15(21)19(6-7-20)10-11-4-2-1-3-5-11/h1-5,8-9,20H,6-7,10H2,(H2,17,18). The molecule has 0 saturated heterocycles. The summed E-state index contributed by atoms with van der Waals surface area (Å²) in [5, 5.41) is 9.12. The van der Waals surface area contributed by atoms with E-state index in [9.17, 15) is 9.18 Å². The first-order valence-corrected chi connectivity index (χ1v) is 6.47. The number of aromatic nitrogens is 1. The molecule has 0 aliphatic heterocycles. The first-order chi connectivity index (χ1) is 10.1. The summed E-state index contributed by atoms with van der Waals surface area (Å²) in [6.07, 6.45) is 0.958. The van der Waals surface area contributed by atoms with E-state index in [1.807, 2.05) is 30.3 Å². The molecule has 0 atom stereocenters. The Bertz CT molecular complexity index is 620. The molecule has 0 aliphatic carbocycles. The minimum atomic E-state index is -0.629. The highest BCUT2D eigenvalue weighted by atomic mass is 19.1. The number of amides is 1. The number of carbonyl (C=O) groups is 1. The molecule has 3 N–H and O–H groups in total. The number of nitrogens with zero attached hydrogens (tertiary/aromatic N) is 2. The number of aliphatic hydroxyl groups is 1. The van der Waals surface area contributed by atoms with Gasteiger partial charge in [-0.3, -0.25) is 4.79 Å². The summed E-state index contributed by atoms with van der Waals surface area (Å²) < 4.78 is 13.2. The Labute approximate surface area is 121 Å². The highest BCUT2D eigenvalue weighted by molar-refractivity contribution is 5.98. The number of rotatable bonds is 5. The molecule has 21 heavy (non-hydrogen) atoms. The van der Waals surface area contributed by atoms with Crippen molar-refractivity contribution in [1.82, 2.24) is 9.88 Å². The molecule has 0 spiro atoms. The maximum Gasteiger partial charge on any atom is 0.258 e. The van der Waals surface area contributed by atoms with Crippen LogP contribution in [0.4, 0.5) is 10.2 Å². The van der Waals surface area contributed by atoms with Crippen LogP contribution < -0.4 is 5.73 Å². The predicted octanol–water partition coefficient (Wildman–Crippen LogP) is 1.44. The van der Waals surface area contributed by atoms with E-state index in [4.69, 9.17) is 10.8 Å². The van der Waals surface area contributed by atoms with Crippen molar-refractivity contribution in [3.63, 3.8) is 0 Å². The first-order valence-electron chi connectivity index (χ1n) is 6.47. The van der Waals surface area contributed by atoms with Gasteiger partial charge in [-0.15, -0.1) is 0 Å². The van der Waals surface area contributed by atoms with E-state index in [-0.39, 0.29) is 24.5 Å². The van der Waals surface area contributed by atoms with E-state index in [2.05, 4.69) is 4.98 Å². The molecule has 0 bridgehead atoms. The van der Waals surface area contributed by atoms with Gasteiger partial charge in [0, 0.05) is 13.1 Å². The van der Waals surface area contributed by atoms with Gasteiger partial charge in [0.05, 0.1) is 18.4 Å². The van der Waals surface area contributed by atoms with Gasteiger partial charge in [-0.05, 0) is 11.6 Å². The fraction of sp³-hybridized carbons (Fsp3) is 0.200. The maximum absolute atomic E-state index is 13.2. The molecule has 1 aromatic carbocycles. The van der Waals surface area contributed by atoms with Crippen molar-refractivity contribution in [1.29, 1.82) is 0 Å². The quantitative estimate of drug-likeness (QED) is 0.873. The van der Waals surface area contributed by atoms with Crippen molar-refractivity contribution in [3.8, 4) is 0 Å². The fourth-order valence-electron chi connectivity index (χ4n) is 1.97. The van der Waals surface area contributed by atoms with E-state index in [1.165, 1.54) is 4.90 Å². The molecule has 0 aliphatic rings. The van der Waals surface area contributed by atoms with Crippen molar-refractivity contribution >= 4 is 11.7 Å². The third-order valence-electron chi connectivity index (χ3n) is 2.99. The van der Waals surface area contributed by atoms with Crippen LogP contribution in [0.5, 0.6) is 0 Å². The van der Waals surface area contributed by atoms with E-state index in [0.717, 1.165) is 17.8 Å². The number of aliphatic hydroxyl groups excluding tert-OH is 1. The average molecular weight is 289 g/mol. The Morgan fingerprint density at radius 3 is 2.71 bits per heavy atom. The summed E-state index contributed by atoms with van der Waals surface area (Å²) >= 11 is 0. The SMILES string of the molecule is Nc1ncc(F)cc1C(=O)N(CCO)Cc1ccccc1. The molecule has 6 heteroatoms. The third-order valence-corrected chi connectivity index (χ3v) is 2.99. The predicted molar refractivity (Wildman–Crippen MR) is 76.9 cm³/mol. The molecule has 0 saturated carbocycles. The van der Waals surface area contributed by atoms with E-state index in [1.54, 1.807) is 0 Å². The van der Waals surface area contributed by atoms with Crippen LogP contribution in [0.25, 0.3) is 0 Å². The highest BCUT2D eigenvalue weighted by Crippen LogP contribution is 2.15. The second kappa shape index (κ2) is 6.81. The number of nitrogens with two attached hydrogens (primary N) is 1. The number of halogens is 1. The van der Waals surface area contributed by atoms with Crippen LogP contribution in [0, 0.1) is 5.82 Å². The summed E-state index contributed by atoms with van der Waals surface area (Å²) in [6.45, 7) is 0.237. The molecule has 1 amide bonds. The molecule has 0 unspecified atom stereocenters. The van der Waals surface area contributed by atoms with Crippen molar-refractivity contribution < 1.29 is 14.3 Å². The Balaban J connectivity index is 2.25. The zero-order valence-corrected chi connectivity index (χ0v) is 11.4. The lowest BCUT2D eigenvalue weighted by molar-refractivity contribution is 0.0708. The zero-order chi connectivity index (χ0) is 15.2. The molecule has 2 aromatic rings. The Morgan fingerprint density at radius 1 is 1.33 bits per heavy atom. The minimum absolute atomic E-state index is 0.000573. The van der Waals surface area contributed by atoms with Crippen molar-refractivity contribution in [2.45, 2.75) is 6.54 Å². The summed E-state index contributed by atoms with van der Waals surface area (Å²) in [5.41, 5.74) is 6.53. The first kappa shape index (κ1) is 14.9. The van der Waals surface area contributed by atoms with Crippen LogP contribution in [-0.4, -0.2) is 34.0 Å². The topological polar surface area (TPSA) is 79.5 Å². The van der Waals surface area contributed by atoms with E-state index in [0.29, 0.717) is 6.54 Å². The van der Waals surface area contributed by atoms with Gasteiger partial charge in [0.15, 0.2) is 0 Å². The van der Waals surface area contributed by atoms with Gasteiger partial charge in [-0.1, -0.05) is 30.3 Å². The molecule has 1 heterocycles. The summed E-state index contributed by atoms with van der Waals surface area (Å²) in [4.78, 5) is 17.5. The van der Waals surface area contributed by atoms with Crippen LogP contribution in [0.3, 0.4) is 0 Å². The second-order valence-corrected chi connectivity index (χ2v) is 4.52. The Kier molecular flexibility index (Phi) is 4.84. The highest BCUT2D eigenvalue weighted by Gasteiger charge is 2.19. The third kappa shape index (κ3) is 3.76. The van der Waals surface area contributed by atoms with E-state index < -0.39 is 11.7 Å². The van der Waals surface area contributed by atoms with Gasteiger partial charge in [0.1, 0.15) is 11.6 Å². The summed E-state index contributed by atoms with van der Waals surface area (Å²) in [7, 11) is 0. The number of hydrogen-bond donors (Lipinski definition) is 2. The van der Waals surface area contributed by atoms with Gasteiger partial charge >= 0.3 is 0 Å². The molecular formula is C15H16FN3O2. The van der Waals surface area contributed by atoms with Gasteiger partial charge in [0.2, 0.25) is 0 Å². The van der Waals surface area contributed by atoms with Crippen LogP contribution in [0.2, 0.25) is 0 Å². The van der Waals surface area contributed by atoms with Gasteiger partial charge in [-0.25, -0.2) is 9.37 Å². The Hall–Kier alpha value is -2.47. The van der Waals surface area contributed by atoms with Crippen molar-refractivity contribution in [2.24, 2.45) is 0 Å². The van der Waals surface area contributed by atoms with Gasteiger partial charge < -0.3 is 15.7 Å². The molecule has 2 rings (SSSR count). The van der Waals surface area contributed by atoms with Gasteiger partial charge in [0.25, 0.3) is 5.91 Å². The number of nitrogen functional groups attached to an aromatic ring is 1. The number of hydrogen-bond acceptors (Lipinski definition) is 4. The largest absolute Gasteiger partial charge is 0.395 e. The van der Waals surface area contributed by atoms with Gasteiger partial charge in [-0.2, -0.15) is 0 Å². The summed E-state index contributed by atoms with van der Waals surface area (Å²) in [6, 6.07) is 10.4. The number of anilines is 1. The second-order valence-electron chi connectivity index (χ2n) is 4.52. The molecular weight excluding hydrogens is 273 g/mol. The van der Waals surface area contributed by atoms with Crippen LogP contribution >= 0.6 is 0 Å². The number of pyridine rings is 1. The summed E-state index contributed by atoms with van der Waals surface area (Å²) in [5.74, 6) is -1.12. The number of carbonyl (C=O) groups excluding carboxylic acids is 1. The average Bonchev–Trinajstić information content (AvgIpc) is 2.49. The number of benzene rings is 1. The van der Waals surface area contributed by atoms with Crippen LogP contribution in [-0.2, 0) is 6.54 Å². The Morgan fingerprint density at radius 2 is 2.05 bits per heavy atom. The van der Waals surface area contributed by atoms with Crippen molar-refractivity contribution in [2.75, 3.05) is 18.9 Å². The molecule has 5 nitrogen and oxygen atoms in total. The normalized spacial score (nSPS) is 10.4. The molecule has 0 radical (unpaired) electrons. The monoisotopic (exact) mass is 289 g/mol. The lowest BCUT2D eigenvalue weighted by atomic mass is 10.1. The van der Waals surface area contributed by atoms with E-state index >= 15 is 0 Å². The minimum Gasteiger partial charge on any atom is -0.395 e. The van der Waals surface area contributed by atoms with Crippen LogP contribution in [0.1, 0.15) is 15.9 Å². The molecule has 0 fully saturated rings. The smallest absolute Gasteiger partial charge is 0.258 e. The molecule has 110 valence electrons. The lowest BCUT2D eigenvalue weighted by Crippen LogP contribution is -2.33. The molecule has 1 aromatic heterocycles. The fourth-order valence-corrected chi connectivity index (χ4v) is 1.97. The van der Waals surface area contributed by atoms with Crippen molar-refractivity contribution in [3.05, 3.63) is 59.5 Å². The zero-order valence-electron chi connectivity index (χ0n) is 11.4. The van der Waals surface area contributed by atoms with Crippen LogP contribution in [0.15, 0.2) is 42.6 Å².